The minimum Gasteiger partial charge on any atom is -0.481 e. The number of hydrogen-bond donors (Lipinski definition) is 2. The van der Waals surface area contributed by atoms with E-state index < -0.39 is 5.97 Å². The zero-order chi connectivity index (χ0) is 12.7. The van der Waals surface area contributed by atoms with Gasteiger partial charge < -0.3 is 10.8 Å². The molecule has 1 heterocycles. The van der Waals surface area contributed by atoms with Crippen LogP contribution in [-0.2, 0) is 11.2 Å². The number of aromatic nitrogens is 1. The van der Waals surface area contributed by atoms with E-state index in [1.165, 1.54) is 0 Å². The lowest BCUT2D eigenvalue weighted by molar-refractivity contribution is -0.142. The van der Waals surface area contributed by atoms with Gasteiger partial charge in [0.05, 0.1) is 5.92 Å². The molecule has 94 valence electrons. The lowest BCUT2D eigenvalue weighted by atomic mass is 9.96. The Labute approximate surface area is 109 Å². The largest absolute Gasteiger partial charge is 0.481 e. The molecule has 1 unspecified atom stereocenters. The predicted octanol–water partition coefficient (Wildman–Crippen LogP) is 2.22. The molecule has 0 spiro atoms. The van der Waals surface area contributed by atoms with Gasteiger partial charge in [-0.15, -0.1) is 0 Å². The van der Waals surface area contributed by atoms with E-state index in [1.54, 1.807) is 6.20 Å². The SMILES string of the molecule is NCCCCC(Cc1ccc(Br)cn1)C(=O)O. The molecule has 0 saturated carbocycles. The molecular weight excluding hydrogens is 284 g/mol. The molecular formula is C12H17BrN2O2. The van der Waals surface area contributed by atoms with Gasteiger partial charge >= 0.3 is 5.97 Å². The smallest absolute Gasteiger partial charge is 0.306 e. The Morgan fingerprint density at radius 2 is 2.24 bits per heavy atom. The summed E-state index contributed by atoms with van der Waals surface area (Å²) < 4.78 is 0.899. The van der Waals surface area contributed by atoms with Crippen molar-refractivity contribution in [2.45, 2.75) is 25.7 Å². The van der Waals surface area contributed by atoms with Crippen molar-refractivity contribution in [3.63, 3.8) is 0 Å². The fourth-order valence-corrected chi connectivity index (χ4v) is 1.86. The zero-order valence-corrected chi connectivity index (χ0v) is 11.2. The molecule has 3 N–H and O–H groups in total. The monoisotopic (exact) mass is 300 g/mol. The number of pyridine rings is 1. The van der Waals surface area contributed by atoms with Crippen LogP contribution in [-0.4, -0.2) is 22.6 Å². The first-order valence-electron chi connectivity index (χ1n) is 5.66. The number of nitrogens with zero attached hydrogens (tertiary/aromatic N) is 1. The molecule has 0 aromatic carbocycles. The molecule has 4 nitrogen and oxygen atoms in total. The van der Waals surface area contributed by atoms with Crippen LogP contribution in [0.4, 0.5) is 0 Å². The lowest BCUT2D eigenvalue weighted by Gasteiger charge is -2.11. The second-order valence-electron chi connectivity index (χ2n) is 3.99. The minimum absolute atomic E-state index is 0.366. The van der Waals surface area contributed by atoms with Gasteiger partial charge in [0.1, 0.15) is 0 Å². The molecule has 0 bridgehead atoms. The van der Waals surface area contributed by atoms with Crippen LogP contribution in [0.15, 0.2) is 22.8 Å². The highest BCUT2D eigenvalue weighted by Crippen LogP contribution is 2.16. The van der Waals surface area contributed by atoms with E-state index in [9.17, 15) is 4.79 Å². The zero-order valence-electron chi connectivity index (χ0n) is 9.60. The Hall–Kier alpha value is -0.940. The normalized spacial score (nSPS) is 12.4. The molecule has 0 fully saturated rings. The number of carbonyl (C=O) groups is 1. The fourth-order valence-electron chi connectivity index (χ4n) is 1.63. The first kappa shape index (κ1) is 14.1. The molecule has 1 aromatic heterocycles. The number of halogens is 1. The van der Waals surface area contributed by atoms with Gasteiger partial charge in [-0.2, -0.15) is 0 Å². The summed E-state index contributed by atoms with van der Waals surface area (Å²) in [6.45, 7) is 0.614. The fraction of sp³-hybridized carbons (Fsp3) is 0.500. The molecule has 1 aromatic rings. The van der Waals surface area contributed by atoms with Crippen LogP contribution in [0.2, 0.25) is 0 Å². The second-order valence-corrected chi connectivity index (χ2v) is 4.91. The molecule has 0 aliphatic rings. The molecule has 1 atom stereocenters. The minimum atomic E-state index is -0.758. The van der Waals surface area contributed by atoms with E-state index in [0.29, 0.717) is 19.4 Å². The van der Waals surface area contributed by atoms with E-state index in [4.69, 9.17) is 10.8 Å². The molecule has 1 rings (SSSR count). The summed E-state index contributed by atoms with van der Waals surface area (Å²) in [5.41, 5.74) is 6.21. The van der Waals surface area contributed by atoms with E-state index >= 15 is 0 Å². The molecule has 0 saturated heterocycles. The Morgan fingerprint density at radius 3 is 2.76 bits per heavy atom. The van der Waals surface area contributed by atoms with E-state index in [-0.39, 0.29) is 5.92 Å². The number of nitrogens with two attached hydrogens (primary N) is 1. The molecule has 0 aliphatic carbocycles. The summed E-state index contributed by atoms with van der Waals surface area (Å²) in [4.78, 5) is 15.3. The number of hydrogen-bond acceptors (Lipinski definition) is 3. The van der Waals surface area contributed by atoms with Crippen molar-refractivity contribution in [2.75, 3.05) is 6.54 Å². The average Bonchev–Trinajstić information content (AvgIpc) is 2.30. The molecule has 17 heavy (non-hydrogen) atoms. The summed E-state index contributed by atoms with van der Waals surface area (Å²) in [6.07, 6.45) is 4.55. The number of aliphatic carboxylic acids is 1. The van der Waals surface area contributed by atoms with Gasteiger partial charge in [-0.1, -0.05) is 6.42 Å². The summed E-state index contributed by atoms with van der Waals surface area (Å²) in [5, 5.41) is 9.12. The maximum atomic E-state index is 11.1. The third-order valence-corrected chi connectivity index (χ3v) is 3.07. The van der Waals surface area contributed by atoms with E-state index in [2.05, 4.69) is 20.9 Å². The van der Waals surface area contributed by atoms with Crippen molar-refractivity contribution in [3.05, 3.63) is 28.5 Å². The van der Waals surface area contributed by atoms with E-state index in [0.717, 1.165) is 23.0 Å². The third kappa shape index (κ3) is 5.28. The van der Waals surface area contributed by atoms with Gasteiger partial charge in [0, 0.05) is 22.8 Å². The number of carboxylic acid groups (broad SMARTS) is 1. The number of carboxylic acids is 1. The van der Waals surface area contributed by atoms with Crippen molar-refractivity contribution in [3.8, 4) is 0 Å². The molecule has 0 aliphatic heterocycles. The summed E-state index contributed by atoms with van der Waals surface area (Å²) in [7, 11) is 0. The van der Waals surface area contributed by atoms with Gasteiger partial charge in [0.15, 0.2) is 0 Å². The predicted molar refractivity (Wildman–Crippen MR) is 69.7 cm³/mol. The molecule has 5 heteroatoms. The highest BCUT2D eigenvalue weighted by atomic mass is 79.9. The highest BCUT2D eigenvalue weighted by molar-refractivity contribution is 9.10. The topological polar surface area (TPSA) is 76.2 Å². The summed E-state index contributed by atoms with van der Waals surface area (Å²) in [5.74, 6) is -1.12. The van der Waals surface area contributed by atoms with Gasteiger partial charge in [0.25, 0.3) is 0 Å². The molecule has 0 amide bonds. The van der Waals surface area contributed by atoms with Gasteiger partial charge in [-0.05, 0) is 47.4 Å². The van der Waals surface area contributed by atoms with Crippen molar-refractivity contribution in [1.82, 2.24) is 4.98 Å². The summed E-state index contributed by atoms with van der Waals surface area (Å²) >= 11 is 3.30. The first-order chi connectivity index (χ1) is 8.13. The Bertz CT molecular complexity index is 354. The van der Waals surface area contributed by atoms with Crippen molar-refractivity contribution >= 4 is 21.9 Å². The van der Waals surface area contributed by atoms with Crippen LogP contribution in [0, 0.1) is 5.92 Å². The Balaban J connectivity index is 2.54. The van der Waals surface area contributed by atoms with Gasteiger partial charge in [-0.3, -0.25) is 9.78 Å². The van der Waals surface area contributed by atoms with Crippen molar-refractivity contribution in [2.24, 2.45) is 11.7 Å². The van der Waals surface area contributed by atoms with Crippen molar-refractivity contribution in [1.29, 1.82) is 0 Å². The standard InChI is InChI=1S/C12H17BrN2O2/c13-10-4-5-11(15-8-10)7-9(12(16)17)3-1-2-6-14/h4-5,8-9H,1-3,6-7,14H2,(H,16,17). The average molecular weight is 301 g/mol. The maximum Gasteiger partial charge on any atom is 0.306 e. The Morgan fingerprint density at radius 1 is 1.47 bits per heavy atom. The lowest BCUT2D eigenvalue weighted by Crippen LogP contribution is -2.17. The number of rotatable bonds is 7. The van der Waals surface area contributed by atoms with Crippen LogP contribution in [0.3, 0.4) is 0 Å². The van der Waals surface area contributed by atoms with Crippen LogP contribution >= 0.6 is 15.9 Å². The van der Waals surface area contributed by atoms with Crippen molar-refractivity contribution < 1.29 is 9.90 Å². The van der Waals surface area contributed by atoms with Crippen LogP contribution < -0.4 is 5.73 Å². The highest BCUT2D eigenvalue weighted by Gasteiger charge is 2.17. The quantitative estimate of drug-likeness (QED) is 0.757. The molecule has 0 radical (unpaired) electrons. The van der Waals surface area contributed by atoms with Crippen LogP contribution in [0.5, 0.6) is 0 Å². The Kier molecular flexibility index (Phi) is 6.15. The summed E-state index contributed by atoms with van der Waals surface area (Å²) in [6, 6.07) is 3.73. The van der Waals surface area contributed by atoms with Crippen LogP contribution in [0.25, 0.3) is 0 Å². The van der Waals surface area contributed by atoms with Gasteiger partial charge in [-0.25, -0.2) is 0 Å². The van der Waals surface area contributed by atoms with E-state index in [1.807, 2.05) is 12.1 Å². The second kappa shape index (κ2) is 7.40. The first-order valence-corrected chi connectivity index (χ1v) is 6.46. The van der Waals surface area contributed by atoms with Crippen LogP contribution in [0.1, 0.15) is 25.0 Å². The third-order valence-electron chi connectivity index (χ3n) is 2.60. The number of unbranched alkanes of at least 4 members (excludes halogenated alkanes) is 1. The maximum absolute atomic E-state index is 11.1. The van der Waals surface area contributed by atoms with Gasteiger partial charge in [0.2, 0.25) is 0 Å².